The summed E-state index contributed by atoms with van der Waals surface area (Å²) in [6.07, 6.45) is -0.510. The maximum atomic E-state index is 12.7. The van der Waals surface area contributed by atoms with Crippen molar-refractivity contribution in [2.24, 2.45) is 0 Å². The van der Waals surface area contributed by atoms with E-state index in [1.807, 2.05) is 36.6 Å². The maximum Gasteiger partial charge on any atom is 0.417 e. The molecule has 0 saturated carbocycles. The van der Waals surface area contributed by atoms with E-state index < -0.39 is 17.6 Å². The maximum absolute atomic E-state index is 12.7. The van der Waals surface area contributed by atoms with Crippen LogP contribution in [0.25, 0.3) is 5.69 Å². The summed E-state index contributed by atoms with van der Waals surface area (Å²) < 4.78 is 39.9. The van der Waals surface area contributed by atoms with Gasteiger partial charge in [0, 0.05) is 24.3 Å². The molecule has 152 valence electrons. The van der Waals surface area contributed by atoms with Gasteiger partial charge in [0.05, 0.1) is 16.3 Å². The van der Waals surface area contributed by atoms with Crippen molar-refractivity contribution in [1.29, 1.82) is 0 Å². The summed E-state index contributed by atoms with van der Waals surface area (Å²) in [5, 5.41) is 2.74. The summed E-state index contributed by atoms with van der Waals surface area (Å²) in [6, 6.07) is 6.71. The van der Waals surface area contributed by atoms with Crippen molar-refractivity contribution < 1.29 is 18.0 Å². The Morgan fingerprint density at radius 1 is 1.21 bits per heavy atom. The molecule has 1 aromatic carbocycles. The Hall–Kier alpha value is -2.52. The number of imidazole rings is 1. The third-order valence-corrected chi connectivity index (χ3v) is 5.39. The minimum atomic E-state index is -4.56. The average molecular weight is 441 g/mol. The molecule has 0 saturated heterocycles. The van der Waals surface area contributed by atoms with Crippen LogP contribution in [0, 0.1) is 13.8 Å². The van der Waals surface area contributed by atoms with Crippen molar-refractivity contribution in [3.8, 4) is 5.69 Å². The Labute approximate surface area is 174 Å². The van der Waals surface area contributed by atoms with Gasteiger partial charge >= 0.3 is 6.18 Å². The zero-order chi connectivity index (χ0) is 21.2. The van der Waals surface area contributed by atoms with Crippen LogP contribution in [-0.4, -0.2) is 26.2 Å². The van der Waals surface area contributed by atoms with Crippen molar-refractivity contribution >= 4 is 35.1 Å². The van der Waals surface area contributed by atoms with E-state index in [-0.39, 0.29) is 16.6 Å². The van der Waals surface area contributed by atoms with Gasteiger partial charge in [0.2, 0.25) is 5.91 Å². The fourth-order valence-electron chi connectivity index (χ4n) is 2.45. The first-order valence-corrected chi connectivity index (χ1v) is 9.78. The number of aryl methyl sites for hydroxylation is 2. The predicted molar refractivity (Wildman–Crippen MR) is 107 cm³/mol. The molecule has 2 aromatic heterocycles. The summed E-state index contributed by atoms with van der Waals surface area (Å²) >= 11 is 7.00. The van der Waals surface area contributed by atoms with Crippen LogP contribution in [0.1, 0.15) is 16.7 Å². The van der Waals surface area contributed by atoms with Gasteiger partial charge in [0.25, 0.3) is 0 Å². The Balaban J connectivity index is 1.66. The van der Waals surface area contributed by atoms with E-state index in [9.17, 15) is 18.0 Å². The number of amides is 1. The highest BCUT2D eigenvalue weighted by Gasteiger charge is 2.31. The number of nitrogens with one attached hydrogen (secondary N) is 1. The molecule has 0 atom stereocenters. The zero-order valence-electron chi connectivity index (χ0n) is 15.4. The summed E-state index contributed by atoms with van der Waals surface area (Å²) in [5.41, 5.74) is 2.24. The number of nitrogens with zero attached hydrogens (tertiary/aromatic N) is 3. The van der Waals surface area contributed by atoms with Crippen LogP contribution in [-0.2, 0) is 11.0 Å². The average Bonchev–Trinajstić information content (AvgIpc) is 3.11. The second-order valence-corrected chi connectivity index (χ2v) is 7.59. The lowest BCUT2D eigenvalue weighted by Crippen LogP contribution is -2.16. The molecule has 0 fully saturated rings. The van der Waals surface area contributed by atoms with Gasteiger partial charge in [0.1, 0.15) is 0 Å². The first-order chi connectivity index (χ1) is 13.6. The van der Waals surface area contributed by atoms with Crippen molar-refractivity contribution in [3.05, 3.63) is 64.6 Å². The molecule has 1 amide bonds. The van der Waals surface area contributed by atoms with Gasteiger partial charge in [-0.3, -0.25) is 9.36 Å². The lowest BCUT2D eigenvalue weighted by atomic mass is 10.1. The van der Waals surface area contributed by atoms with Crippen LogP contribution in [0.3, 0.4) is 0 Å². The van der Waals surface area contributed by atoms with E-state index in [0.717, 1.165) is 17.3 Å². The van der Waals surface area contributed by atoms with Gasteiger partial charge in [-0.15, -0.1) is 0 Å². The number of carbonyl (C=O) groups is 1. The van der Waals surface area contributed by atoms with Crippen molar-refractivity contribution in [1.82, 2.24) is 14.5 Å². The van der Waals surface area contributed by atoms with Crippen LogP contribution in [0.15, 0.2) is 48.0 Å². The molecule has 0 spiro atoms. The fraction of sp³-hybridized carbons (Fsp3) is 0.211. The summed E-state index contributed by atoms with van der Waals surface area (Å²) in [4.78, 5) is 20.1. The van der Waals surface area contributed by atoms with Gasteiger partial charge < -0.3 is 5.32 Å². The summed E-state index contributed by atoms with van der Waals surface area (Å²) in [7, 11) is 0. The summed E-state index contributed by atoms with van der Waals surface area (Å²) in [6.45, 7) is 4.03. The highest BCUT2D eigenvalue weighted by Crippen LogP contribution is 2.32. The van der Waals surface area contributed by atoms with Gasteiger partial charge in [-0.05, 0) is 43.2 Å². The molecule has 0 bridgehead atoms. The number of anilines is 1. The first kappa shape index (κ1) is 21.2. The predicted octanol–water partition coefficient (Wildman–Crippen LogP) is 5.29. The molecule has 1 N–H and O–H groups in total. The highest BCUT2D eigenvalue weighted by atomic mass is 35.5. The molecule has 10 heteroatoms. The van der Waals surface area contributed by atoms with E-state index in [4.69, 9.17) is 11.6 Å². The number of pyridine rings is 1. The standard InChI is InChI=1S/C19H16ClF3N4OS/c1-11-3-4-14(7-12(11)2)27-6-5-24-18(27)29-10-16(28)26-17-15(20)8-13(9-25-17)19(21,22)23/h3-9H,10H2,1-2H3,(H,25,26,28). The molecule has 2 heterocycles. The number of rotatable bonds is 5. The number of alkyl halides is 3. The van der Waals surface area contributed by atoms with Crippen LogP contribution in [0.5, 0.6) is 0 Å². The molecule has 0 unspecified atom stereocenters. The number of hydrogen-bond donors (Lipinski definition) is 1. The van der Waals surface area contributed by atoms with Gasteiger partial charge in [-0.1, -0.05) is 29.4 Å². The third-order valence-electron chi connectivity index (χ3n) is 4.13. The van der Waals surface area contributed by atoms with Crippen molar-refractivity contribution in [2.75, 3.05) is 11.1 Å². The first-order valence-electron chi connectivity index (χ1n) is 8.41. The van der Waals surface area contributed by atoms with Gasteiger partial charge in [-0.2, -0.15) is 13.2 Å². The van der Waals surface area contributed by atoms with Gasteiger partial charge in [0.15, 0.2) is 11.0 Å². The molecule has 0 aliphatic heterocycles. The van der Waals surface area contributed by atoms with Crippen LogP contribution >= 0.6 is 23.4 Å². The van der Waals surface area contributed by atoms with Crippen molar-refractivity contribution in [3.63, 3.8) is 0 Å². The fourth-order valence-corrected chi connectivity index (χ4v) is 3.44. The van der Waals surface area contributed by atoms with Crippen LogP contribution in [0.4, 0.5) is 19.0 Å². The van der Waals surface area contributed by atoms with E-state index in [0.29, 0.717) is 11.4 Å². The number of thioether (sulfide) groups is 1. The molecular formula is C19H16ClF3N4OS. The Bertz CT molecular complexity index is 1050. The molecule has 3 aromatic rings. The molecule has 29 heavy (non-hydrogen) atoms. The molecular weight excluding hydrogens is 425 g/mol. The Morgan fingerprint density at radius 2 is 1.97 bits per heavy atom. The smallest absolute Gasteiger partial charge is 0.309 e. The largest absolute Gasteiger partial charge is 0.417 e. The molecule has 3 rings (SSSR count). The third kappa shape index (κ3) is 5.10. The molecule has 0 aliphatic carbocycles. The quantitative estimate of drug-likeness (QED) is 0.548. The number of benzene rings is 1. The van der Waals surface area contributed by atoms with Crippen LogP contribution < -0.4 is 5.32 Å². The van der Waals surface area contributed by atoms with E-state index in [1.54, 1.807) is 12.4 Å². The lowest BCUT2D eigenvalue weighted by molar-refractivity contribution is -0.137. The van der Waals surface area contributed by atoms with E-state index in [2.05, 4.69) is 15.3 Å². The van der Waals surface area contributed by atoms with Crippen LogP contribution in [0.2, 0.25) is 5.02 Å². The Morgan fingerprint density at radius 3 is 2.62 bits per heavy atom. The van der Waals surface area contributed by atoms with E-state index >= 15 is 0 Å². The monoisotopic (exact) mass is 440 g/mol. The number of hydrogen-bond acceptors (Lipinski definition) is 4. The summed E-state index contributed by atoms with van der Waals surface area (Å²) in [5.74, 6) is -0.595. The number of halogens is 4. The number of carbonyl (C=O) groups excluding carboxylic acids is 1. The Kier molecular flexibility index (Phi) is 6.18. The topological polar surface area (TPSA) is 59.8 Å². The molecule has 5 nitrogen and oxygen atoms in total. The SMILES string of the molecule is Cc1ccc(-n2ccnc2SCC(=O)Nc2ncc(C(F)(F)F)cc2Cl)cc1C. The highest BCUT2D eigenvalue weighted by molar-refractivity contribution is 7.99. The second-order valence-electron chi connectivity index (χ2n) is 6.24. The molecule has 0 aliphatic rings. The van der Waals surface area contributed by atoms with Gasteiger partial charge in [-0.25, -0.2) is 9.97 Å². The number of aromatic nitrogens is 3. The second kappa shape index (κ2) is 8.46. The minimum Gasteiger partial charge on any atom is -0.309 e. The lowest BCUT2D eigenvalue weighted by Gasteiger charge is -2.11. The zero-order valence-corrected chi connectivity index (χ0v) is 17.0. The van der Waals surface area contributed by atoms with Crippen molar-refractivity contribution in [2.45, 2.75) is 25.2 Å². The minimum absolute atomic E-state index is 0.0130. The van der Waals surface area contributed by atoms with E-state index in [1.165, 1.54) is 17.3 Å². The molecule has 0 radical (unpaired) electrons. The normalized spacial score (nSPS) is 11.5.